The zero-order valence-corrected chi connectivity index (χ0v) is 25.1. The minimum Gasteiger partial charge on any atom is -0.481 e. The predicted molar refractivity (Wildman–Crippen MR) is 161 cm³/mol. The van der Waals surface area contributed by atoms with E-state index >= 15 is 0 Å². The predicted octanol–water partition coefficient (Wildman–Crippen LogP) is 3.99. The van der Waals surface area contributed by atoms with Crippen LogP contribution in [0, 0.1) is 5.92 Å². The molecule has 0 aliphatic rings. The van der Waals surface area contributed by atoms with Crippen LogP contribution in [0.4, 0.5) is 0 Å². The van der Waals surface area contributed by atoms with Gasteiger partial charge in [0.2, 0.25) is 5.91 Å². The minimum atomic E-state index is -3.00. The average molecular weight is 605 g/mol. The number of nitrogens with one attached hydrogen (secondary N) is 1. The molecular formula is C32H48N2O9. The highest BCUT2D eigenvalue weighted by atomic mass is 16.4. The van der Waals surface area contributed by atoms with E-state index in [1.807, 2.05) is 0 Å². The Bertz CT molecular complexity index is 1070. The van der Waals surface area contributed by atoms with Crippen molar-refractivity contribution in [2.24, 2.45) is 11.7 Å². The van der Waals surface area contributed by atoms with Crippen molar-refractivity contribution in [2.75, 3.05) is 0 Å². The summed E-state index contributed by atoms with van der Waals surface area (Å²) in [5, 5.41) is 41.7. The van der Waals surface area contributed by atoms with Gasteiger partial charge in [-0.25, -0.2) is 9.59 Å². The Morgan fingerprint density at radius 2 is 1.42 bits per heavy atom. The van der Waals surface area contributed by atoms with Crippen molar-refractivity contribution in [3.8, 4) is 0 Å². The van der Waals surface area contributed by atoms with Crippen LogP contribution in [0.1, 0.15) is 102 Å². The Kier molecular flexibility index (Phi) is 17.7. The Labute approximate surface area is 253 Å². The first-order chi connectivity index (χ1) is 20.4. The minimum absolute atomic E-state index is 0.131. The molecule has 0 saturated heterocycles. The van der Waals surface area contributed by atoms with E-state index in [0.717, 1.165) is 56.6 Å². The number of allylic oxidation sites excluding steroid dienone is 1. The van der Waals surface area contributed by atoms with Crippen molar-refractivity contribution >= 4 is 29.6 Å². The Hall–Kier alpha value is -3.57. The van der Waals surface area contributed by atoms with Gasteiger partial charge in [0, 0.05) is 25.8 Å². The second kappa shape index (κ2) is 20.4. The van der Waals surface area contributed by atoms with E-state index in [1.54, 1.807) is 24.3 Å². The lowest BCUT2D eigenvalue weighted by Crippen LogP contribution is -2.55. The van der Waals surface area contributed by atoms with E-state index in [-0.39, 0.29) is 12.2 Å². The number of hydrogen-bond donors (Lipinski definition) is 6. The fraction of sp³-hybridized carbons (Fsp3) is 0.594. The third-order valence-corrected chi connectivity index (χ3v) is 7.37. The Morgan fingerprint density at radius 1 is 0.860 bits per heavy atom. The molecule has 0 fully saturated rings. The van der Waals surface area contributed by atoms with E-state index in [2.05, 4.69) is 12.2 Å². The zero-order valence-electron chi connectivity index (χ0n) is 25.1. The summed E-state index contributed by atoms with van der Waals surface area (Å²) >= 11 is 0. The van der Waals surface area contributed by atoms with Crippen LogP contribution in [0.3, 0.4) is 0 Å². The topological polar surface area (TPSA) is 204 Å². The van der Waals surface area contributed by atoms with Gasteiger partial charge in [-0.2, -0.15) is 0 Å². The van der Waals surface area contributed by atoms with Crippen LogP contribution >= 0.6 is 0 Å². The fourth-order valence-electron chi connectivity index (χ4n) is 4.74. The van der Waals surface area contributed by atoms with Gasteiger partial charge in [-0.3, -0.25) is 14.4 Å². The standard InChI is InChI=1S/C32H48N2O9/c1-2-3-4-7-10-13-25(35)14-11-8-5-6-9-12-15-26(32(43,31(41)42)21-28(36)37)29(38)34-27(30(39)40)20-23-16-18-24(22-33)19-17-23/h12,15-19,26-27,43H,2-11,13-14,20-22,33H2,1H3,(H,34,38)(H,36,37)(H,39,40)(H,41,42)/t26-,27+,32+/m1/s1. The number of aliphatic carboxylic acids is 3. The summed E-state index contributed by atoms with van der Waals surface area (Å²) in [6.45, 7) is 2.44. The molecule has 1 rings (SSSR count). The van der Waals surface area contributed by atoms with Gasteiger partial charge in [0.25, 0.3) is 0 Å². The number of nitrogens with two attached hydrogens (primary N) is 1. The molecule has 0 aliphatic heterocycles. The maximum atomic E-state index is 13.2. The number of carbonyl (C=O) groups is 5. The number of amides is 1. The van der Waals surface area contributed by atoms with Crippen LogP contribution in [0.5, 0.6) is 0 Å². The molecule has 11 nitrogen and oxygen atoms in total. The molecule has 1 amide bonds. The second-order valence-electron chi connectivity index (χ2n) is 11.0. The number of rotatable bonds is 24. The van der Waals surface area contributed by atoms with Crippen molar-refractivity contribution < 1.29 is 44.4 Å². The van der Waals surface area contributed by atoms with E-state index < -0.39 is 47.8 Å². The van der Waals surface area contributed by atoms with E-state index in [4.69, 9.17) is 5.73 Å². The van der Waals surface area contributed by atoms with Gasteiger partial charge >= 0.3 is 17.9 Å². The van der Waals surface area contributed by atoms with Crippen LogP contribution < -0.4 is 11.1 Å². The second-order valence-corrected chi connectivity index (χ2v) is 11.0. The van der Waals surface area contributed by atoms with Crippen molar-refractivity contribution in [1.29, 1.82) is 0 Å². The lowest BCUT2D eigenvalue weighted by molar-refractivity contribution is -0.172. The summed E-state index contributed by atoms with van der Waals surface area (Å²) in [4.78, 5) is 60.5. The summed E-state index contributed by atoms with van der Waals surface area (Å²) in [6.07, 6.45) is 11.3. The highest BCUT2D eigenvalue weighted by Crippen LogP contribution is 2.26. The maximum Gasteiger partial charge on any atom is 0.337 e. The van der Waals surface area contributed by atoms with Gasteiger partial charge < -0.3 is 31.5 Å². The lowest BCUT2D eigenvalue weighted by Gasteiger charge is -2.29. The molecule has 0 heterocycles. The fourth-order valence-corrected chi connectivity index (χ4v) is 4.74. The summed E-state index contributed by atoms with van der Waals surface area (Å²) in [6, 6.07) is 5.28. The third-order valence-electron chi connectivity index (χ3n) is 7.37. The number of carbonyl (C=O) groups excluding carboxylic acids is 2. The first-order valence-electron chi connectivity index (χ1n) is 15.1. The van der Waals surface area contributed by atoms with Crippen molar-refractivity contribution in [1.82, 2.24) is 5.32 Å². The van der Waals surface area contributed by atoms with Gasteiger partial charge in [-0.15, -0.1) is 0 Å². The van der Waals surface area contributed by atoms with Crippen LogP contribution in [-0.2, 0) is 36.9 Å². The molecule has 0 bridgehead atoms. The first-order valence-corrected chi connectivity index (χ1v) is 15.1. The van der Waals surface area contributed by atoms with Gasteiger partial charge in [-0.05, 0) is 36.8 Å². The SMILES string of the molecule is CCCCCCCC(=O)CCCCCCC=C[C@H](C(=O)N[C@@H](Cc1ccc(CN)cc1)C(=O)O)[C@@](O)(CC(=O)O)C(=O)O. The summed E-state index contributed by atoms with van der Waals surface area (Å²) in [5.74, 6) is -7.66. The summed E-state index contributed by atoms with van der Waals surface area (Å²) < 4.78 is 0. The van der Waals surface area contributed by atoms with Crippen molar-refractivity contribution in [3.63, 3.8) is 0 Å². The molecule has 43 heavy (non-hydrogen) atoms. The van der Waals surface area contributed by atoms with Gasteiger partial charge in [0.1, 0.15) is 11.8 Å². The molecule has 0 spiro atoms. The number of benzene rings is 1. The number of ketones is 1. The van der Waals surface area contributed by atoms with Crippen LogP contribution in [0.15, 0.2) is 36.4 Å². The van der Waals surface area contributed by atoms with Crippen LogP contribution in [-0.4, -0.2) is 61.7 Å². The van der Waals surface area contributed by atoms with Gasteiger partial charge in [0.15, 0.2) is 5.60 Å². The quantitative estimate of drug-likeness (QED) is 0.0739. The Morgan fingerprint density at radius 3 is 1.93 bits per heavy atom. The van der Waals surface area contributed by atoms with Gasteiger partial charge in [-0.1, -0.05) is 81.9 Å². The van der Waals surface area contributed by atoms with Crippen molar-refractivity contribution in [2.45, 2.75) is 115 Å². The molecular weight excluding hydrogens is 556 g/mol. The summed E-state index contributed by atoms with van der Waals surface area (Å²) in [5.41, 5.74) is 3.98. The molecule has 1 aromatic rings. The average Bonchev–Trinajstić information content (AvgIpc) is 2.95. The number of Topliss-reactive ketones (excluding diaryl/α,β-unsaturated/α-hetero) is 1. The molecule has 0 radical (unpaired) electrons. The molecule has 7 N–H and O–H groups in total. The number of carboxylic acid groups (broad SMARTS) is 3. The van der Waals surface area contributed by atoms with Crippen molar-refractivity contribution in [3.05, 3.63) is 47.5 Å². The highest BCUT2D eigenvalue weighted by Gasteiger charge is 2.49. The lowest BCUT2D eigenvalue weighted by atomic mass is 9.82. The third kappa shape index (κ3) is 14.4. The van der Waals surface area contributed by atoms with Gasteiger partial charge in [0.05, 0.1) is 12.3 Å². The zero-order chi connectivity index (χ0) is 32.3. The number of hydrogen-bond acceptors (Lipinski definition) is 7. The molecule has 0 unspecified atom stereocenters. The molecule has 240 valence electrons. The Balaban J connectivity index is 2.79. The number of unbranched alkanes of at least 4 members (excludes halogenated alkanes) is 8. The first kappa shape index (κ1) is 37.5. The molecule has 0 saturated carbocycles. The maximum absolute atomic E-state index is 13.2. The van der Waals surface area contributed by atoms with Crippen LogP contribution in [0.2, 0.25) is 0 Å². The van der Waals surface area contributed by atoms with Crippen LogP contribution in [0.25, 0.3) is 0 Å². The monoisotopic (exact) mass is 604 g/mol. The molecule has 1 aromatic carbocycles. The number of aliphatic hydroxyl groups is 1. The van der Waals surface area contributed by atoms with E-state index in [9.17, 15) is 44.4 Å². The van der Waals surface area contributed by atoms with E-state index in [0.29, 0.717) is 37.8 Å². The smallest absolute Gasteiger partial charge is 0.337 e. The molecule has 3 atom stereocenters. The number of carboxylic acids is 3. The normalized spacial score (nSPS) is 14.1. The van der Waals surface area contributed by atoms with E-state index in [1.165, 1.54) is 12.5 Å². The molecule has 0 aliphatic carbocycles. The largest absolute Gasteiger partial charge is 0.481 e. The highest BCUT2D eigenvalue weighted by molar-refractivity contribution is 5.94. The molecule has 11 heteroatoms. The molecule has 0 aromatic heterocycles. The summed E-state index contributed by atoms with van der Waals surface area (Å²) in [7, 11) is 0.